The number of fused-ring (bicyclic) bond motifs is 2. The van der Waals surface area contributed by atoms with E-state index in [2.05, 4.69) is 45.1 Å². The maximum atomic E-state index is 12.8. The second kappa shape index (κ2) is 17.3. The molecule has 11 nitrogen and oxygen atoms in total. The maximum Gasteiger partial charge on any atom is 0.332 e. The average molecular weight is 678 g/mol. The second-order valence-corrected chi connectivity index (χ2v) is 14.4. The van der Waals surface area contributed by atoms with E-state index < -0.39 is 11.6 Å². The van der Waals surface area contributed by atoms with Crippen LogP contribution in [0.15, 0.2) is 36.2 Å². The molecule has 6 aliphatic rings. The molecule has 11 heteroatoms. The fourth-order valence-electron chi connectivity index (χ4n) is 9.45. The lowest BCUT2D eigenvalue weighted by atomic mass is 9.43. The molecule has 274 valence electrons. The number of aliphatic hydroxyl groups excluding tert-OH is 1. The van der Waals surface area contributed by atoms with Crippen molar-refractivity contribution in [2.45, 2.75) is 110 Å². The Morgan fingerprint density at radius 1 is 0.958 bits per heavy atom. The Hall–Kier alpha value is -1.99. The first-order chi connectivity index (χ1) is 23.1. The smallest absolute Gasteiger partial charge is 0.332 e. The minimum absolute atomic E-state index is 0.0115. The van der Waals surface area contributed by atoms with Crippen molar-refractivity contribution in [3.63, 3.8) is 0 Å². The van der Waals surface area contributed by atoms with Crippen LogP contribution in [0.3, 0.4) is 0 Å². The molecule has 4 aliphatic carbocycles. The summed E-state index contributed by atoms with van der Waals surface area (Å²) in [6, 6.07) is 0. The van der Waals surface area contributed by atoms with Crippen LogP contribution < -0.4 is 11.6 Å². The van der Waals surface area contributed by atoms with Gasteiger partial charge in [-0.3, -0.25) is 0 Å². The van der Waals surface area contributed by atoms with E-state index in [1.54, 1.807) is 6.20 Å². The second-order valence-electron chi connectivity index (χ2n) is 14.4. The van der Waals surface area contributed by atoms with Crippen molar-refractivity contribution >= 4 is 5.97 Å². The van der Waals surface area contributed by atoms with E-state index in [0.717, 1.165) is 32.1 Å². The number of nitrogens with zero attached hydrogens (tertiary/aromatic N) is 1. The zero-order chi connectivity index (χ0) is 34.8. The number of esters is 1. The number of carbonyl (C=O) groups excluding carboxylic acids is 1. The van der Waals surface area contributed by atoms with Gasteiger partial charge in [-0.2, -0.15) is 0 Å². The van der Waals surface area contributed by atoms with Crippen molar-refractivity contribution in [2.24, 2.45) is 40.2 Å². The molecule has 48 heavy (non-hydrogen) atoms. The van der Waals surface area contributed by atoms with Gasteiger partial charge in [0.05, 0.1) is 51.9 Å². The van der Waals surface area contributed by atoms with E-state index in [4.69, 9.17) is 45.4 Å². The minimum Gasteiger partial charge on any atom is -0.461 e. The molecule has 0 radical (unpaired) electrons. The summed E-state index contributed by atoms with van der Waals surface area (Å²) in [4.78, 5) is 25.8. The van der Waals surface area contributed by atoms with Gasteiger partial charge in [0.1, 0.15) is 23.9 Å². The van der Waals surface area contributed by atoms with Crippen molar-refractivity contribution in [1.29, 1.82) is 0 Å². The van der Waals surface area contributed by atoms with Gasteiger partial charge in [-0.25, -0.2) is 20.4 Å². The molecule has 0 aromatic rings. The number of aliphatic hydroxyl groups is 1. The van der Waals surface area contributed by atoms with Crippen molar-refractivity contribution in [3.05, 3.63) is 36.2 Å². The van der Waals surface area contributed by atoms with E-state index in [1.165, 1.54) is 24.3 Å². The highest BCUT2D eigenvalue weighted by atomic mass is 17.2. The third-order valence-electron chi connectivity index (χ3n) is 11.8. The van der Waals surface area contributed by atoms with Crippen molar-refractivity contribution < 1.29 is 38.6 Å². The molecule has 0 aromatic heterocycles. The predicted octanol–water partition coefficient (Wildman–Crippen LogP) is 4.94. The predicted molar refractivity (Wildman–Crippen MR) is 184 cm³/mol. The van der Waals surface area contributed by atoms with Gasteiger partial charge in [0.15, 0.2) is 0 Å². The summed E-state index contributed by atoms with van der Waals surface area (Å²) in [7, 11) is 0. The highest BCUT2D eigenvalue weighted by Gasteiger charge is 2.74. The lowest BCUT2D eigenvalue weighted by molar-refractivity contribution is -0.497. The largest absolute Gasteiger partial charge is 0.461 e. The summed E-state index contributed by atoms with van der Waals surface area (Å²) < 4.78 is 22.0. The van der Waals surface area contributed by atoms with Gasteiger partial charge in [0.25, 0.3) is 0 Å². The lowest BCUT2D eigenvalue weighted by Gasteiger charge is -2.69. The van der Waals surface area contributed by atoms with Crippen LogP contribution in [-0.2, 0) is 33.5 Å². The summed E-state index contributed by atoms with van der Waals surface area (Å²) in [5.41, 5.74) is 5.59. The Labute approximate surface area is 288 Å². The van der Waals surface area contributed by atoms with Gasteiger partial charge < -0.3 is 34.8 Å². The van der Waals surface area contributed by atoms with Gasteiger partial charge in [-0.1, -0.05) is 52.8 Å². The quantitative estimate of drug-likeness (QED) is 0.0480. The monoisotopic (exact) mass is 677 g/mol. The topological polar surface area (TPSA) is 148 Å². The highest BCUT2D eigenvalue weighted by molar-refractivity contribution is 5.71. The normalized spacial score (nSPS) is 36.6. The number of ether oxygens (including phenoxy) is 4. The molecule has 2 bridgehead atoms. The average Bonchev–Trinajstić information content (AvgIpc) is 3.42. The van der Waals surface area contributed by atoms with Gasteiger partial charge in [0, 0.05) is 29.9 Å². The molecule has 2 spiro atoms. The van der Waals surface area contributed by atoms with Crippen LogP contribution in [0, 0.1) is 28.6 Å². The maximum absolute atomic E-state index is 12.8. The zero-order valence-electron chi connectivity index (χ0n) is 30.1. The van der Waals surface area contributed by atoms with Gasteiger partial charge in [-0.05, 0) is 68.8 Å². The summed E-state index contributed by atoms with van der Waals surface area (Å²) in [6.45, 7) is 12.8. The van der Waals surface area contributed by atoms with Crippen LogP contribution in [0.1, 0.15) is 92.4 Å². The lowest BCUT2D eigenvalue weighted by Crippen LogP contribution is -2.73. The molecule has 3 saturated carbocycles. The van der Waals surface area contributed by atoms with Crippen LogP contribution >= 0.6 is 0 Å². The molecule has 5 N–H and O–H groups in total. The number of hydrazine groups is 1. The third kappa shape index (κ3) is 7.98. The number of hydrogen-bond acceptors (Lipinski definition) is 11. The molecule has 8 atom stereocenters. The Morgan fingerprint density at radius 2 is 1.73 bits per heavy atom. The molecule has 2 heterocycles. The number of rotatable bonds is 17. The highest BCUT2D eigenvalue weighted by Crippen LogP contribution is 2.72. The molecule has 0 aromatic carbocycles. The first-order valence-electron chi connectivity index (χ1n) is 18.4. The zero-order valence-corrected chi connectivity index (χ0v) is 30.1. The van der Waals surface area contributed by atoms with Crippen molar-refractivity contribution in [3.8, 4) is 0 Å². The summed E-state index contributed by atoms with van der Waals surface area (Å²) in [6.07, 6.45) is 19.9. The van der Waals surface area contributed by atoms with Gasteiger partial charge in [-0.15, -0.1) is 0 Å². The van der Waals surface area contributed by atoms with Crippen LogP contribution in [-0.4, -0.2) is 86.2 Å². The third-order valence-corrected chi connectivity index (χ3v) is 11.8. The van der Waals surface area contributed by atoms with E-state index in [1.807, 2.05) is 13.8 Å². The molecule has 2 aliphatic heterocycles. The molecule has 5 unspecified atom stereocenters. The Balaban J connectivity index is 0.00000255. The SMILES string of the molecule is CC.CC/C=C/C[C@H]1CCC2C1(C)CCC1C3(C)CCC(OC(=O)COC/C(N)=C/N(N)CCOCCOCCO)C[C@]34C=C[C@]21OO4. The minimum atomic E-state index is -0.604. The fraction of sp³-hybridized carbons (Fsp3) is 0.811. The van der Waals surface area contributed by atoms with Gasteiger partial charge >= 0.3 is 5.97 Å². The first kappa shape index (κ1) is 38.8. The number of nitrogens with two attached hydrogens (primary N) is 2. The fourth-order valence-corrected chi connectivity index (χ4v) is 9.45. The Bertz CT molecular complexity index is 1130. The first-order valence-corrected chi connectivity index (χ1v) is 18.4. The van der Waals surface area contributed by atoms with Crippen LogP contribution in [0.2, 0.25) is 0 Å². The van der Waals surface area contributed by atoms with E-state index >= 15 is 0 Å². The Kier molecular flexibility index (Phi) is 14.0. The molecule has 0 amide bonds. The molecular weight excluding hydrogens is 614 g/mol. The van der Waals surface area contributed by atoms with E-state index in [0.29, 0.717) is 62.8 Å². The standard InChI is InChI=1S/C35H57N3O8.C2H6/c1-4-5-6-7-26-8-9-29-32(26,2)12-11-30-33(3)13-10-28(22-34(33)14-15-35(29,30)46-45-34)44-31(40)25-43-24-27(36)23-38(37)16-18-41-20-21-42-19-17-39;1-2/h5-6,14-15,23,26,28-30,39H,4,7-13,16-22,24-25,36-37H2,1-3H3;1-2H3/b6-5+,27-23-;/t26-,28?,29?,30?,32?,33?,34+,35-;/m0./s1. The molecular formula is C37H63N3O8. The van der Waals surface area contributed by atoms with Crippen LogP contribution in [0.5, 0.6) is 0 Å². The number of allylic oxidation sites excluding steroid dienone is 2. The summed E-state index contributed by atoms with van der Waals surface area (Å²) in [5, 5.41) is 10.1. The van der Waals surface area contributed by atoms with Crippen molar-refractivity contribution in [1.82, 2.24) is 5.01 Å². The van der Waals surface area contributed by atoms with E-state index in [-0.39, 0.29) is 42.4 Å². The molecule has 6 rings (SSSR count). The van der Waals surface area contributed by atoms with E-state index in [9.17, 15) is 4.79 Å². The van der Waals surface area contributed by atoms with Gasteiger partial charge in [0.2, 0.25) is 0 Å². The van der Waals surface area contributed by atoms with Crippen LogP contribution in [0.25, 0.3) is 0 Å². The summed E-state index contributed by atoms with van der Waals surface area (Å²) >= 11 is 0. The Morgan fingerprint density at radius 3 is 2.44 bits per heavy atom. The molecule has 1 saturated heterocycles. The number of hydrogen-bond donors (Lipinski definition) is 3. The summed E-state index contributed by atoms with van der Waals surface area (Å²) in [5.74, 6) is 7.03. The number of carbonyl (C=O) groups is 1. The van der Waals surface area contributed by atoms with Crippen molar-refractivity contribution in [2.75, 3.05) is 52.8 Å². The molecule has 4 fully saturated rings. The van der Waals surface area contributed by atoms with Crippen LogP contribution in [0.4, 0.5) is 0 Å².